The van der Waals surface area contributed by atoms with Gasteiger partial charge in [0.15, 0.2) is 31.1 Å². The molecule has 23 heteroatoms. The van der Waals surface area contributed by atoms with Gasteiger partial charge in [-0.1, -0.05) is 199 Å². The molecule has 0 spiro atoms. The van der Waals surface area contributed by atoms with Crippen molar-refractivity contribution < 1.29 is 85.5 Å². The van der Waals surface area contributed by atoms with Gasteiger partial charge in [-0.15, -0.1) is 0 Å². The van der Waals surface area contributed by atoms with Crippen LogP contribution in [0.1, 0.15) is 75.6 Å². The van der Waals surface area contributed by atoms with E-state index >= 15 is 9.59 Å². The molecule has 0 aromatic heterocycles. The first kappa shape index (κ1) is 64.8. The normalized spacial score (nSPS) is 29.2. The van der Waals surface area contributed by atoms with Crippen LogP contribution in [0.3, 0.4) is 0 Å². The van der Waals surface area contributed by atoms with Crippen LogP contribution in [0.5, 0.6) is 0 Å². The zero-order valence-electron chi connectivity index (χ0n) is 49.2. The predicted octanol–water partition coefficient (Wildman–Crippen LogP) is 9.93. The van der Waals surface area contributed by atoms with Crippen LogP contribution in [0.25, 0.3) is 0 Å². The number of benzene rings is 6. The number of amides is 2. The fourth-order valence-electron chi connectivity index (χ4n) is 11.6. The quantitative estimate of drug-likeness (QED) is 0.0219. The number of hydrogen-bond acceptors (Lipinski definition) is 19. The van der Waals surface area contributed by atoms with Crippen molar-refractivity contribution >= 4 is 64.5 Å². The number of esters is 2. The molecule has 474 valence electrons. The molecule has 16 atom stereocenters. The number of alkyl halides is 3. The highest BCUT2D eigenvalue weighted by molar-refractivity contribution is 6.76. The summed E-state index contributed by atoms with van der Waals surface area (Å²) in [6.45, 7) is 3.78. The predicted molar refractivity (Wildman–Crippen MR) is 324 cm³/mol. The van der Waals surface area contributed by atoms with Crippen LogP contribution >= 0.6 is 34.8 Å². The van der Waals surface area contributed by atoms with E-state index in [9.17, 15) is 9.59 Å². The van der Waals surface area contributed by atoms with Crippen molar-refractivity contribution in [3.63, 3.8) is 0 Å². The summed E-state index contributed by atoms with van der Waals surface area (Å²) in [6, 6.07) is 51.0. The highest BCUT2D eigenvalue weighted by Gasteiger charge is 2.62. The van der Waals surface area contributed by atoms with Crippen molar-refractivity contribution in [2.24, 2.45) is 0 Å². The molecular weight excluding hydrogens is 1230 g/mol. The summed E-state index contributed by atoms with van der Waals surface area (Å²) in [7, 11) is 0. The Morgan fingerprint density at radius 2 is 0.989 bits per heavy atom. The first-order chi connectivity index (χ1) is 43.6. The van der Waals surface area contributed by atoms with Gasteiger partial charge in [0, 0.05) is 19.4 Å². The number of rotatable bonds is 22. The van der Waals surface area contributed by atoms with Crippen LogP contribution in [0.4, 0.5) is 0 Å². The fourth-order valence-corrected chi connectivity index (χ4v) is 11.7. The lowest BCUT2D eigenvalue weighted by molar-refractivity contribution is -0.394. The van der Waals surface area contributed by atoms with Gasteiger partial charge in [-0.25, -0.2) is 0 Å². The lowest BCUT2D eigenvalue weighted by Gasteiger charge is -2.53. The van der Waals surface area contributed by atoms with Gasteiger partial charge in [0.2, 0.25) is 12.2 Å². The van der Waals surface area contributed by atoms with Crippen LogP contribution < -0.4 is 0 Å². The monoisotopic (exact) mass is 1290 g/mol. The van der Waals surface area contributed by atoms with Crippen molar-refractivity contribution in [2.75, 3.05) is 13.2 Å². The minimum Gasteiger partial charge on any atom is -0.455 e. The van der Waals surface area contributed by atoms with E-state index in [0.717, 1.165) is 34.1 Å². The van der Waals surface area contributed by atoms with Crippen molar-refractivity contribution in [1.82, 2.24) is 4.90 Å². The molecule has 5 aliphatic rings. The van der Waals surface area contributed by atoms with Gasteiger partial charge >= 0.3 is 11.9 Å². The number of halogens is 3. The minimum atomic E-state index is -2.53. The van der Waals surface area contributed by atoms with Gasteiger partial charge in [-0.3, -0.25) is 29.5 Å². The summed E-state index contributed by atoms with van der Waals surface area (Å²) in [6.07, 6.45) is -20.3. The molecule has 6 aromatic carbocycles. The molecule has 5 aliphatic heterocycles. The summed E-state index contributed by atoms with van der Waals surface area (Å²) < 4.78 is 91.4. The van der Waals surface area contributed by atoms with E-state index in [-0.39, 0.29) is 44.2 Å². The summed E-state index contributed by atoms with van der Waals surface area (Å²) in [5.41, 5.74) is 3.87. The van der Waals surface area contributed by atoms with Crippen molar-refractivity contribution in [1.29, 1.82) is 5.41 Å². The molecule has 4 saturated heterocycles. The molecular formula is C67H67Cl3N2O18. The Morgan fingerprint density at radius 3 is 1.52 bits per heavy atom. The maximum atomic E-state index is 15.3. The molecule has 1 N–H and O–H groups in total. The topological polar surface area (TPSA) is 225 Å². The molecule has 6 aromatic rings. The lowest BCUT2D eigenvalue weighted by atomic mass is 9.93. The average molecular weight is 1290 g/mol. The van der Waals surface area contributed by atoms with Gasteiger partial charge in [0.25, 0.3) is 15.6 Å². The van der Waals surface area contributed by atoms with Crippen molar-refractivity contribution in [3.05, 3.63) is 215 Å². The van der Waals surface area contributed by atoms with E-state index in [4.69, 9.17) is 107 Å². The zero-order chi connectivity index (χ0) is 62.9. The van der Waals surface area contributed by atoms with E-state index in [1.54, 1.807) is 31.2 Å². The van der Waals surface area contributed by atoms with Gasteiger partial charge in [-0.2, -0.15) is 0 Å². The zero-order valence-corrected chi connectivity index (χ0v) is 51.4. The van der Waals surface area contributed by atoms with E-state index in [2.05, 4.69) is 0 Å². The number of ether oxygens (including phenoxy) is 14. The lowest BCUT2D eigenvalue weighted by Crippen LogP contribution is -2.71. The third-order valence-electron chi connectivity index (χ3n) is 15.7. The fraction of sp³-hybridized carbons (Fsp3) is 0.388. The molecule has 90 heavy (non-hydrogen) atoms. The maximum absolute atomic E-state index is 15.3. The van der Waals surface area contributed by atoms with Gasteiger partial charge < -0.3 is 66.3 Å². The highest BCUT2D eigenvalue weighted by Crippen LogP contribution is 2.43. The average Bonchev–Trinajstić information content (AvgIpc) is 1.41. The van der Waals surface area contributed by atoms with Crippen LogP contribution in [0, 0.1) is 5.41 Å². The molecule has 11 rings (SSSR count). The van der Waals surface area contributed by atoms with E-state index in [1.165, 1.54) is 19.1 Å². The first-order valence-corrected chi connectivity index (χ1v) is 30.5. The van der Waals surface area contributed by atoms with Crippen LogP contribution in [-0.4, -0.2) is 144 Å². The molecule has 0 bridgehead atoms. The van der Waals surface area contributed by atoms with Crippen molar-refractivity contribution in [2.45, 2.75) is 149 Å². The smallest absolute Gasteiger partial charge is 0.303 e. The van der Waals surface area contributed by atoms with E-state index in [1.807, 2.05) is 140 Å². The number of imide groups is 1. The third-order valence-corrected chi connectivity index (χ3v) is 16.3. The summed E-state index contributed by atoms with van der Waals surface area (Å²) in [5.74, 6) is -4.21. The first-order valence-electron chi connectivity index (χ1n) is 29.4. The van der Waals surface area contributed by atoms with Crippen LogP contribution in [-0.2, 0) is 102 Å². The van der Waals surface area contributed by atoms with Gasteiger partial charge in [0.1, 0.15) is 54.9 Å². The van der Waals surface area contributed by atoms with E-state index in [0.29, 0.717) is 5.56 Å². The molecule has 4 fully saturated rings. The molecule has 0 radical (unpaired) electrons. The van der Waals surface area contributed by atoms with Gasteiger partial charge in [0.05, 0.1) is 56.9 Å². The molecule has 1 unspecified atom stereocenters. The Kier molecular flexibility index (Phi) is 21.4. The molecule has 20 nitrogen and oxygen atoms in total. The number of hydrogen-bond donors (Lipinski definition) is 1. The maximum Gasteiger partial charge on any atom is 0.303 e. The van der Waals surface area contributed by atoms with Gasteiger partial charge in [-0.05, 0) is 41.3 Å². The Hall–Kier alpha value is -6.70. The van der Waals surface area contributed by atoms with E-state index < -0.39 is 138 Å². The molecule has 0 aliphatic carbocycles. The number of nitrogens with zero attached hydrogens (tertiary/aromatic N) is 1. The SMILES string of the molecule is CC(=O)O[C@H]1[C@H]2OC(c3ccccc3)OC[C@H]2O[C@@H](O[C@H]2[C@H](O[C@@H]3O[C@@H](C)[C@@H](OCc4ccccc4)[C@@H](OCc4ccccc4)[C@@H]3OCc3ccccc3)[C@@H](N3C(=O)c4ccccc4C3=O)[C@H](OC(=N)C(Cl)(Cl)Cl)O[C@@H]2COCc2ccccc2)[C@@H]1OC(C)=O. The summed E-state index contributed by atoms with van der Waals surface area (Å²) in [4.78, 5) is 58.2. The Bertz CT molecular complexity index is 3340. The Morgan fingerprint density at radius 1 is 0.522 bits per heavy atom. The Labute approximate surface area is 535 Å². The van der Waals surface area contributed by atoms with Crippen LogP contribution in [0.2, 0.25) is 0 Å². The minimum absolute atomic E-state index is 0.00522. The highest BCUT2D eigenvalue weighted by atomic mass is 35.6. The van der Waals surface area contributed by atoms with Crippen molar-refractivity contribution in [3.8, 4) is 0 Å². The van der Waals surface area contributed by atoms with Crippen LogP contribution in [0.15, 0.2) is 176 Å². The number of nitrogens with one attached hydrogen (secondary N) is 1. The summed E-state index contributed by atoms with van der Waals surface area (Å²) in [5, 5.41) is 9.05. The second kappa shape index (κ2) is 29.7. The Balaban J connectivity index is 1.06. The second-order valence-corrected chi connectivity index (χ2v) is 24.3. The number of fused-ring (bicyclic) bond motifs is 2. The molecule has 5 heterocycles. The number of carbonyl (C=O) groups excluding carboxylic acids is 4. The third kappa shape index (κ3) is 15.4. The molecule has 0 saturated carbocycles. The second-order valence-electron chi connectivity index (χ2n) is 22.1. The summed E-state index contributed by atoms with van der Waals surface area (Å²) >= 11 is 19.2. The molecule has 2 amide bonds. The standard InChI is InChI=1S/C67H67Cl3N2O18/c1-39-52(78-34-43-23-11-5-12-24-43)56(79-35-44-25-13-6-14-26-44)58(80-36-45-27-15-7-16-28-45)64(82-39)89-55-51(72-60(75)47-31-19-20-32-48(47)61(72)76)63(90-66(71)67(68,69)70)85-49(37-77-33-42-21-9-4-10-22-42)53(55)88-65-59(84-41(3)74)57(83-40(2)73)54-50(86-65)38-81-62(87-54)46-29-17-8-18-30-46/h4-32,39,49-59,62-65,71H,33-38H2,1-3H3/t39-,49+,50+,51+,52+,53+,54-,55+,56+,57-,58-,59+,62?,63-,64-,65-/m0/s1. The number of carbonyl (C=O) groups is 4. The largest absolute Gasteiger partial charge is 0.455 e.